The van der Waals surface area contributed by atoms with Crippen molar-refractivity contribution in [1.29, 1.82) is 0 Å². The largest absolute Gasteiger partial charge is 0.0622 e. The summed E-state index contributed by atoms with van der Waals surface area (Å²) in [4.78, 5) is 0. The Kier molecular flexibility index (Phi) is 6.97. The third-order valence-electron chi connectivity index (χ3n) is 11.4. The quantitative estimate of drug-likeness (QED) is 0.128. The molecule has 0 heterocycles. The van der Waals surface area contributed by atoms with Crippen molar-refractivity contribution in [3.8, 4) is 44.5 Å². The second-order valence-corrected chi connectivity index (χ2v) is 14.4. The molecule has 0 aliphatic rings. The van der Waals surface area contributed by atoms with Crippen LogP contribution in [0.2, 0.25) is 0 Å². The maximum absolute atomic E-state index is 2.45. The standard InChI is InChI=1S/C54H34/c1-2-11-35(12-3-1)37-21-24-38(25-22-37)53-48-17-8-9-18-49(48)54(44-26-23-36-13-4-5-14-39(36)32-44)52-34-43(28-30-50(52)53)45-19-10-20-46-47(45)29-27-42-31-40-15-6-7-16-41(40)33-51(42)46/h1-34H. The lowest BCUT2D eigenvalue weighted by Gasteiger charge is -2.19. The van der Waals surface area contributed by atoms with Gasteiger partial charge >= 0.3 is 0 Å². The van der Waals surface area contributed by atoms with Crippen LogP contribution in [-0.4, -0.2) is 0 Å². The van der Waals surface area contributed by atoms with Crippen molar-refractivity contribution >= 4 is 64.6 Å². The lowest BCUT2D eigenvalue weighted by Crippen LogP contribution is -1.92. The molecule has 0 unspecified atom stereocenters. The zero-order chi connectivity index (χ0) is 35.6. The molecule has 0 N–H and O–H groups in total. The summed E-state index contributed by atoms with van der Waals surface area (Å²) in [7, 11) is 0. The molecule has 11 rings (SSSR count). The molecule has 0 bridgehead atoms. The molecule has 0 spiro atoms. The minimum atomic E-state index is 1.22. The second kappa shape index (κ2) is 12.3. The molecule has 0 amide bonds. The van der Waals surface area contributed by atoms with Crippen LogP contribution < -0.4 is 0 Å². The van der Waals surface area contributed by atoms with Crippen LogP contribution in [-0.2, 0) is 0 Å². The van der Waals surface area contributed by atoms with E-state index in [1.165, 1.54) is 109 Å². The fraction of sp³-hybridized carbons (Fsp3) is 0. The van der Waals surface area contributed by atoms with Crippen molar-refractivity contribution in [3.05, 3.63) is 206 Å². The van der Waals surface area contributed by atoms with E-state index in [1.807, 2.05) is 0 Å². The van der Waals surface area contributed by atoms with Crippen LogP contribution in [0.4, 0.5) is 0 Å². The van der Waals surface area contributed by atoms with E-state index in [0.717, 1.165) is 0 Å². The maximum Gasteiger partial charge on any atom is -0.00259 e. The first kappa shape index (κ1) is 30.6. The third-order valence-corrected chi connectivity index (χ3v) is 11.4. The molecule has 0 saturated carbocycles. The predicted molar refractivity (Wildman–Crippen MR) is 233 cm³/mol. The zero-order valence-corrected chi connectivity index (χ0v) is 29.6. The third kappa shape index (κ3) is 4.92. The summed E-state index contributed by atoms with van der Waals surface area (Å²) < 4.78 is 0. The highest BCUT2D eigenvalue weighted by atomic mass is 14.2. The molecule has 0 nitrogen and oxygen atoms in total. The lowest BCUT2D eigenvalue weighted by atomic mass is 9.84. The minimum absolute atomic E-state index is 1.22. The van der Waals surface area contributed by atoms with Gasteiger partial charge in [0.2, 0.25) is 0 Å². The topological polar surface area (TPSA) is 0 Å². The SMILES string of the molecule is c1ccc(-c2ccc(-c3c4ccccc4c(-c4ccc5ccccc5c4)c4cc(-c5cccc6c5ccc5cc7ccccc7cc56)ccc34)cc2)cc1. The van der Waals surface area contributed by atoms with Crippen LogP contribution in [0.15, 0.2) is 206 Å². The minimum Gasteiger partial charge on any atom is -0.0622 e. The Morgan fingerprint density at radius 1 is 0.185 bits per heavy atom. The van der Waals surface area contributed by atoms with Crippen molar-refractivity contribution < 1.29 is 0 Å². The summed E-state index contributed by atoms with van der Waals surface area (Å²) in [6, 6.07) is 76.2. The molecule has 0 fully saturated rings. The van der Waals surface area contributed by atoms with Crippen LogP contribution in [0.25, 0.3) is 109 Å². The van der Waals surface area contributed by atoms with Gasteiger partial charge in [-0.05, 0) is 133 Å². The smallest absolute Gasteiger partial charge is 0.00259 e. The van der Waals surface area contributed by atoms with Crippen LogP contribution in [0.1, 0.15) is 0 Å². The van der Waals surface area contributed by atoms with E-state index < -0.39 is 0 Å². The van der Waals surface area contributed by atoms with Crippen LogP contribution in [0.3, 0.4) is 0 Å². The van der Waals surface area contributed by atoms with Crippen molar-refractivity contribution in [3.63, 3.8) is 0 Å². The van der Waals surface area contributed by atoms with Gasteiger partial charge in [0, 0.05) is 0 Å². The molecule has 250 valence electrons. The highest BCUT2D eigenvalue weighted by Gasteiger charge is 2.19. The molecule has 0 aliphatic heterocycles. The Bertz CT molecular complexity index is 3240. The van der Waals surface area contributed by atoms with E-state index in [0.29, 0.717) is 0 Å². The van der Waals surface area contributed by atoms with Gasteiger partial charge < -0.3 is 0 Å². The first-order valence-corrected chi connectivity index (χ1v) is 18.7. The van der Waals surface area contributed by atoms with Gasteiger partial charge in [-0.3, -0.25) is 0 Å². The van der Waals surface area contributed by atoms with Crippen molar-refractivity contribution in [2.45, 2.75) is 0 Å². The van der Waals surface area contributed by atoms with E-state index in [-0.39, 0.29) is 0 Å². The summed E-state index contributed by atoms with van der Waals surface area (Å²) in [5, 5.41) is 15.2. The Morgan fingerprint density at radius 3 is 1.48 bits per heavy atom. The molecule has 0 saturated heterocycles. The van der Waals surface area contributed by atoms with Crippen molar-refractivity contribution in [1.82, 2.24) is 0 Å². The first-order valence-electron chi connectivity index (χ1n) is 18.7. The Hall–Kier alpha value is -7.02. The average molecular weight is 683 g/mol. The van der Waals surface area contributed by atoms with E-state index in [9.17, 15) is 0 Å². The molecule has 0 heteroatoms. The molecule has 0 aliphatic carbocycles. The molecular formula is C54H34. The van der Waals surface area contributed by atoms with E-state index in [4.69, 9.17) is 0 Å². The van der Waals surface area contributed by atoms with Gasteiger partial charge in [-0.25, -0.2) is 0 Å². The number of hydrogen-bond acceptors (Lipinski definition) is 0. The van der Waals surface area contributed by atoms with Gasteiger partial charge in [0.15, 0.2) is 0 Å². The molecule has 11 aromatic carbocycles. The average Bonchev–Trinajstić information content (AvgIpc) is 3.24. The number of rotatable bonds is 4. The Balaban J connectivity index is 1.19. The van der Waals surface area contributed by atoms with E-state index >= 15 is 0 Å². The number of hydrogen-bond donors (Lipinski definition) is 0. The summed E-state index contributed by atoms with van der Waals surface area (Å²) >= 11 is 0. The van der Waals surface area contributed by atoms with Crippen molar-refractivity contribution in [2.75, 3.05) is 0 Å². The van der Waals surface area contributed by atoms with Crippen LogP contribution in [0, 0.1) is 0 Å². The zero-order valence-electron chi connectivity index (χ0n) is 29.6. The molecule has 0 radical (unpaired) electrons. The monoisotopic (exact) mass is 682 g/mol. The second-order valence-electron chi connectivity index (χ2n) is 14.4. The number of fused-ring (bicyclic) bond motifs is 7. The van der Waals surface area contributed by atoms with E-state index in [2.05, 4.69) is 206 Å². The summed E-state index contributed by atoms with van der Waals surface area (Å²) in [5.74, 6) is 0. The normalized spacial score (nSPS) is 11.7. The van der Waals surface area contributed by atoms with E-state index in [1.54, 1.807) is 0 Å². The summed E-state index contributed by atoms with van der Waals surface area (Å²) in [6.45, 7) is 0. The molecule has 0 aromatic heterocycles. The van der Waals surface area contributed by atoms with Crippen LogP contribution >= 0.6 is 0 Å². The van der Waals surface area contributed by atoms with Gasteiger partial charge in [0.25, 0.3) is 0 Å². The molecular weight excluding hydrogens is 649 g/mol. The summed E-state index contributed by atoms with van der Waals surface area (Å²) in [6.07, 6.45) is 0. The number of benzene rings is 11. The first-order chi connectivity index (χ1) is 26.8. The fourth-order valence-corrected chi connectivity index (χ4v) is 8.81. The predicted octanol–water partition coefficient (Wildman–Crippen LogP) is 15.3. The molecule has 0 atom stereocenters. The van der Waals surface area contributed by atoms with Crippen molar-refractivity contribution in [2.24, 2.45) is 0 Å². The van der Waals surface area contributed by atoms with Gasteiger partial charge in [-0.15, -0.1) is 0 Å². The molecule has 11 aromatic rings. The lowest BCUT2D eigenvalue weighted by molar-refractivity contribution is 1.61. The Labute approximate surface area is 314 Å². The molecule has 54 heavy (non-hydrogen) atoms. The maximum atomic E-state index is 2.45. The van der Waals surface area contributed by atoms with Gasteiger partial charge in [0.1, 0.15) is 0 Å². The van der Waals surface area contributed by atoms with Gasteiger partial charge in [0.05, 0.1) is 0 Å². The van der Waals surface area contributed by atoms with Gasteiger partial charge in [-0.2, -0.15) is 0 Å². The Morgan fingerprint density at radius 2 is 0.704 bits per heavy atom. The fourth-order valence-electron chi connectivity index (χ4n) is 8.81. The summed E-state index contributed by atoms with van der Waals surface area (Å²) in [5.41, 5.74) is 9.91. The van der Waals surface area contributed by atoms with Crippen LogP contribution in [0.5, 0.6) is 0 Å². The van der Waals surface area contributed by atoms with Gasteiger partial charge in [-0.1, -0.05) is 182 Å². The highest BCUT2D eigenvalue weighted by Crippen LogP contribution is 2.46. The highest BCUT2D eigenvalue weighted by molar-refractivity contribution is 6.23.